The Labute approximate surface area is 48.5 Å². The van der Waals surface area contributed by atoms with Crippen LogP contribution in [-0.4, -0.2) is 18.7 Å². The van der Waals surface area contributed by atoms with Crippen LogP contribution in [-0.2, 0) is 4.74 Å². The molecule has 0 aliphatic carbocycles. The molecule has 1 rings (SSSR count). The van der Waals surface area contributed by atoms with Crippen LogP contribution in [0.3, 0.4) is 0 Å². The monoisotopic (exact) mass is 113 g/mol. The van der Waals surface area contributed by atoms with Gasteiger partial charge >= 0.3 is 0 Å². The fourth-order valence-corrected chi connectivity index (χ4v) is 0.579. The van der Waals surface area contributed by atoms with Gasteiger partial charge < -0.3 is 10.5 Å². The van der Waals surface area contributed by atoms with Gasteiger partial charge in [0.25, 0.3) is 6.02 Å². The van der Waals surface area contributed by atoms with Crippen molar-refractivity contribution in [3.05, 3.63) is 6.42 Å². The van der Waals surface area contributed by atoms with Crippen LogP contribution in [0, 0.1) is 6.42 Å². The quantitative estimate of drug-likeness (QED) is 0.517. The van der Waals surface area contributed by atoms with Gasteiger partial charge in [-0.3, -0.25) is 0 Å². The highest BCUT2D eigenvalue weighted by atomic mass is 16.5. The van der Waals surface area contributed by atoms with Crippen molar-refractivity contribution in [2.75, 3.05) is 6.61 Å². The molecule has 0 saturated heterocycles. The highest BCUT2D eigenvalue weighted by Gasteiger charge is 2.13. The zero-order chi connectivity index (χ0) is 5.98. The van der Waals surface area contributed by atoms with Gasteiger partial charge in [0.15, 0.2) is 0 Å². The Hall–Kier alpha value is -0.730. The van der Waals surface area contributed by atoms with Gasteiger partial charge in [-0.25, -0.2) is 4.99 Å². The fraction of sp³-hybridized carbons (Fsp3) is 0.600. The molecule has 2 N–H and O–H groups in total. The molecule has 1 aliphatic heterocycles. The maximum atomic E-state index is 5.21. The molecular weight excluding hydrogens is 104 g/mol. The van der Waals surface area contributed by atoms with E-state index in [0.29, 0.717) is 12.6 Å². The van der Waals surface area contributed by atoms with E-state index < -0.39 is 0 Å². The molecule has 0 bridgehead atoms. The molecule has 0 saturated carbocycles. The van der Waals surface area contributed by atoms with Gasteiger partial charge in [-0.1, -0.05) is 6.92 Å². The van der Waals surface area contributed by atoms with Crippen molar-refractivity contribution >= 4 is 6.02 Å². The Bertz CT molecular complexity index is 111. The molecular formula is C5H9N2O. The molecule has 1 atom stereocenters. The van der Waals surface area contributed by atoms with Crippen molar-refractivity contribution in [1.29, 1.82) is 0 Å². The summed E-state index contributed by atoms with van der Waals surface area (Å²) in [6.07, 6.45) is 1.96. The van der Waals surface area contributed by atoms with Gasteiger partial charge in [-0.2, -0.15) is 0 Å². The average molecular weight is 113 g/mol. The lowest BCUT2D eigenvalue weighted by molar-refractivity contribution is 0.322. The fourth-order valence-electron chi connectivity index (χ4n) is 0.579. The number of hydrogen-bond donors (Lipinski definition) is 1. The molecule has 0 fully saturated rings. The minimum absolute atomic E-state index is 0.190. The molecule has 0 amide bonds. The molecule has 3 heteroatoms. The lowest BCUT2D eigenvalue weighted by Gasteiger charge is -1.94. The molecule has 0 aromatic heterocycles. The summed E-state index contributed by atoms with van der Waals surface area (Å²) in [5.74, 6) is 0. The molecule has 1 unspecified atom stereocenters. The Morgan fingerprint density at radius 3 is 3.00 bits per heavy atom. The summed E-state index contributed by atoms with van der Waals surface area (Å²) in [5.41, 5.74) is 5.21. The third-order valence-corrected chi connectivity index (χ3v) is 1.08. The van der Waals surface area contributed by atoms with E-state index in [0.717, 1.165) is 0 Å². The van der Waals surface area contributed by atoms with Crippen molar-refractivity contribution in [3.63, 3.8) is 0 Å². The zero-order valence-electron chi connectivity index (χ0n) is 4.79. The zero-order valence-corrected chi connectivity index (χ0v) is 4.79. The number of hydrogen-bond acceptors (Lipinski definition) is 3. The second kappa shape index (κ2) is 2.03. The summed E-state index contributed by atoms with van der Waals surface area (Å²) in [5, 5.41) is 0. The standard InChI is InChI=1S/C5H9N2O/c1-2-4-3-8-5(6)7-4/h2,4H,3H2,1H3,(H2,6,7). The maximum Gasteiger partial charge on any atom is 0.282 e. The normalized spacial score (nSPS) is 27.1. The third-order valence-electron chi connectivity index (χ3n) is 1.08. The van der Waals surface area contributed by atoms with Crippen molar-refractivity contribution in [3.8, 4) is 0 Å². The van der Waals surface area contributed by atoms with Crippen molar-refractivity contribution < 1.29 is 4.74 Å². The number of nitrogens with zero attached hydrogens (tertiary/aromatic N) is 1. The lowest BCUT2D eigenvalue weighted by atomic mass is 10.3. The first-order valence-corrected chi connectivity index (χ1v) is 2.58. The van der Waals surface area contributed by atoms with Crippen LogP contribution >= 0.6 is 0 Å². The summed E-state index contributed by atoms with van der Waals surface area (Å²) in [6.45, 7) is 2.55. The van der Waals surface area contributed by atoms with Gasteiger partial charge in [-0.05, 0) is 6.42 Å². The molecule has 1 aliphatic rings. The Morgan fingerprint density at radius 2 is 2.75 bits per heavy atom. The average Bonchev–Trinajstić information content (AvgIpc) is 2.14. The first kappa shape index (κ1) is 5.41. The number of nitrogens with two attached hydrogens (primary N) is 1. The predicted octanol–water partition coefficient (Wildman–Crippen LogP) is -0.0759. The van der Waals surface area contributed by atoms with Crippen LogP contribution in [0.15, 0.2) is 4.99 Å². The molecule has 1 radical (unpaired) electrons. The van der Waals surface area contributed by atoms with E-state index in [2.05, 4.69) is 4.99 Å². The van der Waals surface area contributed by atoms with E-state index in [9.17, 15) is 0 Å². The smallest absolute Gasteiger partial charge is 0.282 e. The van der Waals surface area contributed by atoms with E-state index in [1.807, 2.05) is 13.3 Å². The summed E-state index contributed by atoms with van der Waals surface area (Å²) in [4.78, 5) is 3.92. The van der Waals surface area contributed by atoms with Crippen LogP contribution in [0.25, 0.3) is 0 Å². The van der Waals surface area contributed by atoms with Crippen LogP contribution in [0.5, 0.6) is 0 Å². The van der Waals surface area contributed by atoms with Gasteiger partial charge in [-0.15, -0.1) is 0 Å². The molecule has 45 valence electrons. The van der Waals surface area contributed by atoms with Gasteiger partial charge in [0.2, 0.25) is 0 Å². The van der Waals surface area contributed by atoms with E-state index in [1.165, 1.54) is 0 Å². The Balaban J connectivity index is 2.41. The van der Waals surface area contributed by atoms with Crippen LogP contribution in [0.4, 0.5) is 0 Å². The maximum absolute atomic E-state index is 5.21. The SMILES string of the molecule is C[CH]C1COC(N)=N1. The minimum atomic E-state index is 0.190. The molecule has 0 spiro atoms. The predicted molar refractivity (Wildman–Crippen MR) is 31.3 cm³/mol. The second-order valence-corrected chi connectivity index (χ2v) is 1.68. The Morgan fingerprint density at radius 1 is 2.00 bits per heavy atom. The first-order valence-electron chi connectivity index (χ1n) is 2.58. The molecule has 3 nitrogen and oxygen atoms in total. The highest BCUT2D eigenvalue weighted by molar-refractivity contribution is 5.73. The topological polar surface area (TPSA) is 47.6 Å². The molecule has 1 heterocycles. The van der Waals surface area contributed by atoms with Crippen LogP contribution in [0.1, 0.15) is 6.92 Å². The number of amidine groups is 1. The van der Waals surface area contributed by atoms with Crippen molar-refractivity contribution in [2.45, 2.75) is 13.0 Å². The van der Waals surface area contributed by atoms with E-state index in [1.54, 1.807) is 0 Å². The number of rotatable bonds is 1. The van der Waals surface area contributed by atoms with Gasteiger partial charge in [0.1, 0.15) is 6.61 Å². The lowest BCUT2D eigenvalue weighted by Crippen LogP contribution is -2.10. The third kappa shape index (κ3) is 0.911. The highest BCUT2D eigenvalue weighted by Crippen LogP contribution is 2.03. The summed E-state index contributed by atoms with van der Waals surface area (Å²) >= 11 is 0. The van der Waals surface area contributed by atoms with E-state index in [4.69, 9.17) is 10.5 Å². The van der Waals surface area contributed by atoms with Gasteiger partial charge in [0, 0.05) is 0 Å². The van der Waals surface area contributed by atoms with Crippen LogP contribution in [0.2, 0.25) is 0 Å². The number of aliphatic imine (C=N–C) groups is 1. The first-order chi connectivity index (χ1) is 3.83. The minimum Gasteiger partial charge on any atom is -0.463 e. The van der Waals surface area contributed by atoms with Crippen molar-refractivity contribution in [1.82, 2.24) is 0 Å². The summed E-state index contributed by atoms with van der Waals surface area (Å²) < 4.78 is 4.85. The Kier molecular flexibility index (Phi) is 1.37. The molecule has 0 aromatic rings. The largest absolute Gasteiger partial charge is 0.463 e. The summed E-state index contributed by atoms with van der Waals surface area (Å²) in [6, 6.07) is 0.503. The van der Waals surface area contributed by atoms with Crippen molar-refractivity contribution in [2.24, 2.45) is 10.7 Å². The number of ether oxygens (including phenoxy) is 1. The van der Waals surface area contributed by atoms with E-state index in [-0.39, 0.29) is 6.04 Å². The summed E-state index contributed by atoms with van der Waals surface area (Å²) in [7, 11) is 0. The second-order valence-electron chi connectivity index (χ2n) is 1.68. The van der Waals surface area contributed by atoms with Gasteiger partial charge in [0.05, 0.1) is 6.04 Å². The van der Waals surface area contributed by atoms with Crippen LogP contribution < -0.4 is 5.73 Å². The molecule has 0 aromatic carbocycles. The van der Waals surface area contributed by atoms with E-state index >= 15 is 0 Å². The molecule has 8 heavy (non-hydrogen) atoms.